The number of rotatable bonds is 5. The van der Waals surface area contributed by atoms with Gasteiger partial charge < -0.3 is 4.52 Å². The molecule has 0 radical (unpaired) electrons. The molecule has 1 heterocycles. The van der Waals surface area contributed by atoms with Gasteiger partial charge in [0.25, 0.3) is 0 Å². The first-order chi connectivity index (χ1) is 10.5. The van der Waals surface area contributed by atoms with Crippen LogP contribution in [0.15, 0.2) is 27.6 Å². The molecule has 1 N–H and O–H groups in total. The second kappa shape index (κ2) is 5.85. The van der Waals surface area contributed by atoms with Gasteiger partial charge in [0.1, 0.15) is 10.6 Å². The third-order valence-electron chi connectivity index (χ3n) is 4.11. The maximum Gasteiger partial charge on any atom is 0.245 e. The normalized spacial score (nSPS) is 14.3. The van der Waals surface area contributed by atoms with E-state index in [-0.39, 0.29) is 4.90 Å². The summed E-state index contributed by atoms with van der Waals surface area (Å²) in [4.78, 5) is 0.154. The highest BCUT2D eigenvalue weighted by Crippen LogP contribution is 2.23. The van der Waals surface area contributed by atoms with Crippen molar-refractivity contribution >= 4 is 10.0 Å². The summed E-state index contributed by atoms with van der Waals surface area (Å²) >= 11 is 0. The molecular formula is C16H20N2O3S. The minimum atomic E-state index is -3.57. The maximum atomic E-state index is 12.3. The maximum absolute atomic E-state index is 12.3. The van der Waals surface area contributed by atoms with Crippen LogP contribution < -0.4 is 4.72 Å². The summed E-state index contributed by atoms with van der Waals surface area (Å²) in [7, 11) is -3.57. The molecule has 0 saturated heterocycles. The minimum absolute atomic E-state index is 0.154. The van der Waals surface area contributed by atoms with Gasteiger partial charge >= 0.3 is 0 Å². The van der Waals surface area contributed by atoms with Crippen molar-refractivity contribution in [3.63, 3.8) is 0 Å². The molecule has 3 rings (SSSR count). The lowest BCUT2D eigenvalue weighted by Crippen LogP contribution is -2.26. The van der Waals surface area contributed by atoms with Crippen LogP contribution in [0.2, 0.25) is 0 Å². The molecule has 1 aromatic heterocycles. The van der Waals surface area contributed by atoms with Crippen LogP contribution in [0.4, 0.5) is 0 Å². The highest BCUT2D eigenvalue weighted by Gasteiger charge is 2.23. The third-order valence-corrected chi connectivity index (χ3v) is 5.81. The van der Waals surface area contributed by atoms with Crippen molar-refractivity contribution in [2.24, 2.45) is 0 Å². The monoisotopic (exact) mass is 320 g/mol. The number of aryl methyl sites for hydroxylation is 4. The molecule has 0 amide bonds. The zero-order valence-electron chi connectivity index (χ0n) is 12.8. The molecule has 1 aliphatic carbocycles. The van der Waals surface area contributed by atoms with Crippen molar-refractivity contribution in [2.45, 2.75) is 44.4 Å². The van der Waals surface area contributed by atoms with Crippen LogP contribution in [0.25, 0.3) is 0 Å². The average molecular weight is 320 g/mol. The van der Waals surface area contributed by atoms with Crippen molar-refractivity contribution in [1.29, 1.82) is 0 Å². The number of aromatic nitrogens is 1. The van der Waals surface area contributed by atoms with E-state index in [0.29, 0.717) is 24.4 Å². The predicted molar refractivity (Wildman–Crippen MR) is 83.3 cm³/mol. The Balaban J connectivity index is 1.66. The molecule has 1 aliphatic rings. The smallest absolute Gasteiger partial charge is 0.245 e. The zero-order valence-corrected chi connectivity index (χ0v) is 13.7. The van der Waals surface area contributed by atoms with E-state index in [0.717, 1.165) is 12.8 Å². The van der Waals surface area contributed by atoms with Gasteiger partial charge in [-0.2, -0.15) is 0 Å². The van der Waals surface area contributed by atoms with E-state index in [1.807, 2.05) is 0 Å². The molecule has 1 aromatic carbocycles. The Kier molecular flexibility index (Phi) is 4.06. The third kappa shape index (κ3) is 2.94. The molecule has 0 fully saturated rings. The van der Waals surface area contributed by atoms with Crippen LogP contribution in [0.3, 0.4) is 0 Å². The summed E-state index contributed by atoms with van der Waals surface area (Å²) in [6.45, 7) is 3.60. The Morgan fingerprint density at radius 1 is 1.23 bits per heavy atom. The van der Waals surface area contributed by atoms with Gasteiger partial charge in [-0.05, 0) is 56.2 Å². The van der Waals surface area contributed by atoms with Crippen LogP contribution in [0.5, 0.6) is 0 Å². The fraction of sp³-hybridized carbons (Fsp3) is 0.438. The van der Waals surface area contributed by atoms with Gasteiger partial charge in [-0.25, -0.2) is 13.1 Å². The van der Waals surface area contributed by atoms with E-state index in [4.69, 9.17) is 4.52 Å². The SMILES string of the molecule is Cc1noc(C)c1S(=O)(=O)NCCc1ccc2c(c1)CCC2. The van der Waals surface area contributed by atoms with E-state index in [9.17, 15) is 8.42 Å². The molecule has 6 heteroatoms. The lowest BCUT2D eigenvalue weighted by molar-refractivity contribution is 0.390. The second-order valence-corrected chi connectivity index (χ2v) is 7.46. The Hall–Kier alpha value is -1.66. The molecule has 0 spiro atoms. The number of sulfonamides is 1. The topological polar surface area (TPSA) is 72.2 Å². The summed E-state index contributed by atoms with van der Waals surface area (Å²) in [5.74, 6) is 0.322. The standard InChI is InChI=1S/C16H20N2O3S/c1-11-16(12(2)21-18-11)22(19,20)17-9-8-13-6-7-14-4-3-5-15(14)10-13/h6-7,10,17H,3-5,8-9H2,1-2H3. The largest absolute Gasteiger partial charge is 0.360 e. The van der Waals surface area contributed by atoms with Crippen molar-refractivity contribution in [1.82, 2.24) is 9.88 Å². The van der Waals surface area contributed by atoms with Crippen molar-refractivity contribution in [3.05, 3.63) is 46.3 Å². The molecule has 2 aromatic rings. The van der Waals surface area contributed by atoms with E-state index < -0.39 is 10.0 Å². The van der Waals surface area contributed by atoms with E-state index in [2.05, 4.69) is 28.1 Å². The Morgan fingerprint density at radius 3 is 2.73 bits per heavy atom. The summed E-state index contributed by atoms with van der Waals surface area (Å²) < 4.78 is 32.2. The van der Waals surface area contributed by atoms with Crippen molar-refractivity contribution < 1.29 is 12.9 Å². The average Bonchev–Trinajstić information content (AvgIpc) is 3.05. The van der Waals surface area contributed by atoms with Crippen LogP contribution >= 0.6 is 0 Å². The van der Waals surface area contributed by atoms with Gasteiger partial charge in [0.15, 0.2) is 5.76 Å². The highest BCUT2D eigenvalue weighted by molar-refractivity contribution is 7.89. The van der Waals surface area contributed by atoms with Gasteiger partial charge in [0.05, 0.1) is 0 Å². The number of hydrogen-bond donors (Lipinski definition) is 1. The number of nitrogens with zero attached hydrogens (tertiary/aromatic N) is 1. The number of nitrogens with one attached hydrogen (secondary N) is 1. The summed E-state index contributed by atoms with van der Waals surface area (Å²) in [5, 5.41) is 3.69. The lowest BCUT2D eigenvalue weighted by atomic mass is 10.0. The molecule has 0 unspecified atom stereocenters. The molecular weight excluding hydrogens is 300 g/mol. The molecule has 5 nitrogen and oxygen atoms in total. The van der Waals surface area contributed by atoms with E-state index in [1.165, 1.54) is 23.1 Å². The summed E-state index contributed by atoms with van der Waals surface area (Å²) in [5.41, 5.74) is 4.40. The predicted octanol–water partition coefficient (Wildman–Crippen LogP) is 2.30. The quantitative estimate of drug-likeness (QED) is 0.917. The molecule has 118 valence electrons. The first kappa shape index (κ1) is 15.2. The fourth-order valence-electron chi connectivity index (χ4n) is 3.04. The van der Waals surface area contributed by atoms with Gasteiger partial charge in [-0.15, -0.1) is 0 Å². The van der Waals surface area contributed by atoms with Crippen molar-refractivity contribution in [2.75, 3.05) is 6.54 Å². The van der Waals surface area contributed by atoms with Crippen LogP contribution in [-0.4, -0.2) is 20.1 Å². The first-order valence-corrected chi connectivity index (χ1v) is 8.99. The Bertz CT molecular complexity index is 774. The van der Waals surface area contributed by atoms with Gasteiger partial charge in [-0.3, -0.25) is 0 Å². The molecule has 0 aliphatic heterocycles. The minimum Gasteiger partial charge on any atom is -0.360 e. The van der Waals surface area contributed by atoms with Crippen LogP contribution in [-0.2, 0) is 29.3 Å². The number of fused-ring (bicyclic) bond motifs is 1. The number of hydrogen-bond acceptors (Lipinski definition) is 4. The van der Waals surface area contributed by atoms with Crippen molar-refractivity contribution in [3.8, 4) is 0 Å². The first-order valence-electron chi connectivity index (χ1n) is 7.50. The van der Waals surface area contributed by atoms with Crippen LogP contribution in [0, 0.1) is 13.8 Å². The summed E-state index contributed by atoms with van der Waals surface area (Å²) in [6, 6.07) is 6.46. The Labute approximate surface area is 130 Å². The zero-order chi connectivity index (χ0) is 15.7. The fourth-order valence-corrected chi connectivity index (χ4v) is 4.40. The lowest BCUT2D eigenvalue weighted by Gasteiger charge is -2.07. The van der Waals surface area contributed by atoms with Gasteiger partial charge in [0.2, 0.25) is 10.0 Å². The molecule has 0 saturated carbocycles. The molecule has 0 atom stereocenters. The Morgan fingerprint density at radius 2 is 2.00 bits per heavy atom. The molecule has 22 heavy (non-hydrogen) atoms. The highest BCUT2D eigenvalue weighted by atomic mass is 32.2. The van der Waals surface area contributed by atoms with Gasteiger partial charge in [-0.1, -0.05) is 23.4 Å². The van der Waals surface area contributed by atoms with Crippen LogP contribution in [0.1, 0.15) is 34.6 Å². The van der Waals surface area contributed by atoms with Gasteiger partial charge in [0, 0.05) is 6.54 Å². The summed E-state index contributed by atoms with van der Waals surface area (Å²) in [6.07, 6.45) is 4.19. The second-order valence-electron chi connectivity index (χ2n) is 5.76. The van der Waals surface area contributed by atoms with E-state index in [1.54, 1.807) is 13.8 Å². The van der Waals surface area contributed by atoms with E-state index >= 15 is 0 Å². The molecule has 0 bridgehead atoms. The number of benzene rings is 1.